The van der Waals surface area contributed by atoms with Gasteiger partial charge in [-0.1, -0.05) is 17.7 Å². The molecule has 9 heteroatoms. The number of nitrogen functional groups attached to an aromatic ring is 1. The summed E-state index contributed by atoms with van der Waals surface area (Å²) in [4.78, 5) is 8.05. The summed E-state index contributed by atoms with van der Waals surface area (Å²) < 4.78 is 27.3. The SMILES string of the molecule is Cc1ccc(S(=O)(=O)n2cc(I)c3c(N)nc(Cl)nc32)cc1. The average Bonchev–Trinajstić information content (AvgIpc) is 2.77. The molecule has 0 aliphatic carbocycles. The molecule has 0 bridgehead atoms. The van der Waals surface area contributed by atoms with Gasteiger partial charge < -0.3 is 5.73 Å². The molecule has 0 aliphatic rings. The smallest absolute Gasteiger partial charge is 0.269 e. The quantitative estimate of drug-likeness (QED) is 0.481. The Kier molecular flexibility index (Phi) is 3.77. The van der Waals surface area contributed by atoms with Gasteiger partial charge in [-0.25, -0.2) is 17.4 Å². The molecule has 0 atom stereocenters. The topological polar surface area (TPSA) is 90.9 Å². The minimum atomic E-state index is -3.79. The summed E-state index contributed by atoms with van der Waals surface area (Å²) in [6.07, 6.45) is 1.46. The Bertz CT molecular complexity index is 983. The van der Waals surface area contributed by atoms with Crippen molar-refractivity contribution in [2.45, 2.75) is 11.8 Å². The van der Waals surface area contributed by atoms with E-state index in [0.717, 1.165) is 9.54 Å². The Balaban J connectivity index is 2.32. The Morgan fingerprint density at radius 3 is 2.50 bits per heavy atom. The van der Waals surface area contributed by atoms with E-state index in [1.807, 2.05) is 29.5 Å². The number of aromatic nitrogens is 3. The van der Waals surface area contributed by atoms with Crippen molar-refractivity contribution in [3.05, 3.63) is 44.9 Å². The Morgan fingerprint density at radius 2 is 1.86 bits per heavy atom. The molecule has 3 aromatic rings. The lowest BCUT2D eigenvalue weighted by atomic mass is 10.2. The van der Waals surface area contributed by atoms with Crippen molar-refractivity contribution in [1.29, 1.82) is 0 Å². The molecule has 0 radical (unpaired) electrons. The fraction of sp³-hybridized carbons (Fsp3) is 0.0769. The first-order chi connectivity index (χ1) is 10.3. The fourth-order valence-electron chi connectivity index (χ4n) is 2.06. The second-order valence-electron chi connectivity index (χ2n) is 4.67. The number of nitrogens with two attached hydrogens (primary N) is 1. The number of anilines is 1. The molecule has 2 N–H and O–H groups in total. The van der Waals surface area contributed by atoms with E-state index in [0.29, 0.717) is 8.96 Å². The highest BCUT2D eigenvalue weighted by Crippen LogP contribution is 2.29. The van der Waals surface area contributed by atoms with Gasteiger partial charge in [-0.15, -0.1) is 0 Å². The van der Waals surface area contributed by atoms with Crippen LogP contribution in [0.5, 0.6) is 0 Å². The van der Waals surface area contributed by atoms with E-state index in [-0.39, 0.29) is 21.6 Å². The van der Waals surface area contributed by atoms with Crippen LogP contribution in [0, 0.1) is 10.5 Å². The summed E-state index contributed by atoms with van der Waals surface area (Å²) in [5, 5.41) is 0.376. The monoisotopic (exact) mass is 448 g/mol. The van der Waals surface area contributed by atoms with E-state index in [2.05, 4.69) is 9.97 Å². The summed E-state index contributed by atoms with van der Waals surface area (Å²) in [7, 11) is -3.79. The first-order valence-corrected chi connectivity index (χ1v) is 9.02. The van der Waals surface area contributed by atoms with Gasteiger partial charge in [0.05, 0.1) is 10.3 Å². The molecule has 6 nitrogen and oxygen atoms in total. The van der Waals surface area contributed by atoms with Gasteiger partial charge in [0.1, 0.15) is 5.82 Å². The molecule has 0 saturated carbocycles. The summed E-state index contributed by atoms with van der Waals surface area (Å²) in [5.41, 5.74) is 6.97. The molecule has 114 valence electrons. The summed E-state index contributed by atoms with van der Waals surface area (Å²) in [6, 6.07) is 6.57. The molecule has 22 heavy (non-hydrogen) atoms. The van der Waals surface area contributed by atoms with E-state index >= 15 is 0 Å². The van der Waals surface area contributed by atoms with Crippen molar-refractivity contribution in [2.24, 2.45) is 0 Å². The molecular weight excluding hydrogens is 439 g/mol. The largest absolute Gasteiger partial charge is 0.383 e. The van der Waals surface area contributed by atoms with Gasteiger partial charge in [0, 0.05) is 9.77 Å². The Hall–Kier alpha value is -1.39. The van der Waals surface area contributed by atoms with Crippen LogP contribution in [0.4, 0.5) is 5.82 Å². The van der Waals surface area contributed by atoms with Crippen LogP contribution in [-0.4, -0.2) is 22.4 Å². The molecule has 0 spiro atoms. The summed E-state index contributed by atoms with van der Waals surface area (Å²) in [5.74, 6) is 0.150. The Labute approximate surface area is 145 Å². The van der Waals surface area contributed by atoms with Gasteiger partial charge in [0.2, 0.25) is 5.28 Å². The van der Waals surface area contributed by atoms with Crippen molar-refractivity contribution in [2.75, 3.05) is 5.73 Å². The third-order valence-corrected chi connectivity index (χ3v) is 5.80. The molecule has 0 unspecified atom stereocenters. The molecule has 2 heterocycles. The predicted molar refractivity (Wildman–Crippen MR) is 93.4 cm³/mol. The molecular formula is C13H10ClIN4O2S. The second kappa shape index (κ2) is 5.36. The van der Waals surface area contributed by atoms with E-state index < -0.39 is 10.0 Å². The lowest BCUT2D eigenvalue weighted by molar-refractivity contribution is 0.588. The van der Waals surface area contributed by atoms with E-state index in [4.69, 9.17) is 17.3 Å². The Morgan fingerprint density at radius 1 is 1.23 bits per heavy atom. The minimum absolute atomic E-state index is 0.0974. The van der Waals surface area contributed by atoms with Gasteiger partial charge in [0.25, 0.3) is 10.0 Å². The summed E-state index contributed by atoms with van der Waals surface area (Å²) >= 11 is 7.80. The molecule has 1 aromatic carbocycles. The second-order valence-corrected chi connectivity index (χ2v) is 7.98. The average molecular weight is 449 g/mol. The van der Waals surface area contributed by atoms with Crippen LogP contribution in [-0.2, 0) is 10.0 Å². The van der Waals surface area contributed by atoms with Gasteiger partial charge in [0.15, 0.2) is 5.65 Å². The molecule has 0 aliphatic heterocycles. The standard InChI is InChI=1S/C13H10ClIN4O2S/c1-7-2-4-8(5-3-7)22(20,21)19-6-9(15)10-11(16)17-13(14)18-12(10)19/h2-6H,1H3,(H2,16,17,18). The predicted octanol–water partition coefficient (Wildman–Crippen LogP) is 2.82. The highest BCUT2D eigenvalue weighted by Gasteiger charge is 2.23. The zero-order valence-electron chi connectivity index (χ0n) is 11.3. The van der Waals surface area contributed by atoms with Crippen molar-refractivity contribution >= 4 is 61.1 Å². The number of rotatable bonds is 2. The molecule has 2 aromatic heterocycles. The lowest BCUT2D eigenvalue weighted by Crippen LogP contribution is -2.13. The normalized spacial score (nSPS) is 12.0. The van der Waals surface area contributed by atoms with Crippen LogP contribution >= 0.6 is 34.2 Å². The summed E-state index contributed by atoms with van der Waals surface area (Å²) in [6.45, 7) is 1.89. The third-order valence-electron chi connectivity index (χ3n) is 3.15. The first-order valence-electron chi connectivity index (χ1n) is 6.12. The van der Waals surface area contributed by atoms with Crippen molar-refractivity contribution in [3.8, 4) is 0 Å². The molecule has 0 amide bonds. The zero-order chi connectivity index (χ0) is 16.1. The number of hydrogen-bond acceptors (Lipinski definition) is 5. The maximum atomic E-state index is 12.8. The van der Waals surface area contributed by atoms with Crippen molar-refractivity contribution in [1.82, 2.24) is 13.9 Å². The lowest BCUT2D eigenvalue weighted by Gasteiger charge is -2.07. The van der Waals surface area contributed by atoms with Crippen molar-refractivity contribution < 1.29 is 8.42 Å². The highest BCUT2D eigenvalue weighted by molar-refractivity contribution is 14.1. The number of hydrogen-bond donors (Lipinski definition) is 1. The maximum absolute atomic E-state index is 12.8. The number of fused-ring (bicyclic) bond motifs is 1. The fourth-order valence-corrected chi connectivity index (χ4v) is 4.53. The van der Waals surface area contributed by atoms with E-state index in [1.165, 1.54) is 6.20 Å². The van der Waals surface area contributed by atoms with Gasteiger partial charge >= 0.3 is 0 Å². The number of nitrogens with zero attached hydrogens (tertiary/aromatic N) is 3. The highest BCUT2D eigenvalue weighted by atomic mass is 127. The number of benzene rings is 1. The van der Waals surface area contributed by atoms with Gasteiger partial charge in [-0.05, 0) is 53.2 Å². The van der Waals surface area contributed by atoms with Crippen molar-refractivity contribution in [3.63, 3.8) is 0 Å². The maximum Gasteiger partial charge on any atom is 0.269 e. The van der Waals surface area contributed by atoms with Crippen LogP contribution in [0.3, 0.4) is 0 Å². The van der Waals surface area contributed by atoms with Crippen LogP contribution in [0.15, 0.2) is 35.4 Å². The van der Waals surface area contributed by atoms with Gasteiger partial charge in [-0.3, -0.25) is 0 Å². The third kappa shape index (κ3) is 2.44. The van der Waals surface area contributed by atoms with Crippen LogP contribution in [0.2, 0.25) is 5.28 Å². The number of aryl methyl sites for hydroxylation is 1. The number of halogens is 2. The van der Waals surface area contributed by atoms with Crippen LogP contribution < -0.4 is 5.73 Å². The van der Waals surface area contributed by atoms with Crippen LogP contribution in [0.25, 0.3) is 11.0 Å². The van der Waals surface area contributed by atoms with E-state index in [1.54, 1.807) is 24.3 Å². The first kappa shape index (κ1) is 15.5. The molecule has 3 rings (SSSR count). The van der Waals surface area contributed by atoms with E-state index in [9.17, 15) is 8.42 Å². The van der Waals surface area contributed by atoms with Gasteiger partial charge in [-0.2, -0.15) is 4.98 Å². The van der Waals surface area contributed by atoms with Crippen LogP contribution in [0.1, 0.15) is 5.56 Å². The molecule has 0 fully saturated rings. The minimum Gasteiger partial charge on any atom is -0.383 e. The molecule has 0 saturated heterocycles. The zero-order valence-corrected chi connectivity index (χ0v) is 15.0.